The van der Waals surface area contributed by atoms with Gasteiger partial charge in [-0.1, -0.05) is 0 Å². The molecule has 7 nitrogen and oxygen atoms in total. The number of hydrogen-bond acceptors (Lipinski definition) is 7. The highest BCUT2D eigenvalue weighted by Crippen LogP contribution is 2.31. The van der Waals surface area contributed by atoms with E-state index in [9.17, 15) is 4.39 Å². The molecule has 2 heterocycles. The number of rotatable bonds is 3. The molecule has 0 spiro atoms. The van der Waals surface area contributed by atoms with E-state index in [-0.39, 0.29) is 33.0 Å². The molecule has 0 amide bonds. The predicted octanol–water partition coefficient (Wildman–Crippen LogP) is 4.28. The molecule has 0 aliphatic heterocycles. The summed E-state index contributed by atoms with van der Waals surface area (Å²) in [5.41, 5.74) is 0.410. The average Bonchev–Trinajstić information content (AvgIpc) is 2.47. The van der Waals surface area contributed by atoms with E-state index in [0.717, 1.165) is 0 Å². The van der Waals surface area contributed by atoms with Crippen LogP contribution < -0.4 is 4.90 Å². The number of halogens is 5. The molecule has 1 aromatic carbocycles. The van der Waals surface area contributed by atoms with Gasteiger partial charge in [0.05, 0.1) is 5.69 Å². The molecule has 0 saturated heterocycles. The number of anilines is 3. The van der Waals surface area contributed by atoms with Gasteiger partial charge in [0, 0.05) is 0 Å². The molecular formula is C12H4Cl4FN7. The number of benzene rings is 1. The fourth-order valence-corrected chi connectivity index (χ4v) is 2.45. The molecule has 0 unspecified atom stereocenters. The number of aromatic nitrogens is 6. The Kier molecular flexibility index (Phi) is 4.91. The molecule has 0 aliphatic carbocycles. The minimum atomic E-state index is -0.433. The van der Waals surface area contributed by atoms with E-state index < -0.39 is 5.82 Å². The summed E-state index contributed by atoms with van der Waals surface area (Å²) in [5, 5.41) is -0.599. The molecule has 24 heavy (non-hydrogen) atoms. The van der Waals surface area contributed by atoms with E-state index in [1.807, 2.05) is 0 Å². The topological polar surface area (TPSA) is 80.6 Å². The van der Waals surface area contributed by atoms with Gasteiger partial charge in [0.1, 0.15) is 5.82 Å². The molecule has 122 valence electrons. The minimum absolute atomic E-state index is 0.00931. The third kappa shape index (κ3) is 3.78. The smallest absolute Gasteiger partial charge is 0.242 e. The van der Waals surface area contributed by atoms with Crippen molar-refractivity contribution in [2.24, 2.45) is 0 Å². The van der Waals surface area contributed by atoms with Crippen molar-refractivity contribution in [3.05, 3.63) is 51.2 Å². The molecular weight excluding hydrogens is 403 g/mol. The van der Waals surface area contributed by atoms with E-state index >= 15 is 0 Å². The third-order valence-electron chi connectivity index (χ3n) is 2.62. The van der Waals surface area contributed by atoms with Crippen LogP contribution in [0, 0.1) is 5.82 Å². The van der Waals surface area contributed by atoms with E-state index in [1.165, 1.54) is 29.2 Å². The van der Waals surface area contributed by atoms with Gasteiger partial charge in [0.15, 0.2) is 0 Å². The highest BCUT2D eigenvalue weighted by atomic mass is 35.5. The summed E-state index contributed by atoms with van der Waals surface area (Å²) in [7, 11) is 0. The van der Waals surface area contributed by atoms with Crippen LogP contribution in [0.15, 0.2) is 24.3 Å². The fourth-order valence-electron chi connectivity index (χ4n) is 1.74. The van der Waals surface area contributed by atoms with Crippen LogP contribution in [-0.2, 0) is 0 Å². The molecule has 0 fully saturated rings. The van der Waals surface area contributed by atoms with Crippen molar-refractivity contribution in [2.45, 2.75) is 0 Å². The molecule has 0 N–H and O–H groups in total. The van der Waals surface area contributed by atoms with Gasteiger partial charge in [-0.25, -0.2) is 9.29 Å². The molecule has 0 aliphatic rings. The fraction of sp³-hybridized carbons (Fsp3) is 0. The van der Waals surface area contributed by atoms with Gasteiger partial charge in [0.25, 0.3) is 0 Å². The molecule has 0 radical (unpaired) electrons. The first-order chi connectivity index (χ1) is 11.4. The lowest BCUT2D eigenvalue weighted by Crippen LogP contribution is -2.17. The summed E-state index contributed by atoms with van der Waals surface area (Å²) in [6.07, 6.45) is 0. The summed E-state index contributed by atoms with van der Waals surface area (Å²) in [5.74, 6) is -0.452. The Balaban J connectivity index is 2.21. The van der Waals surface area contributed by atoms with Gasteiger partial charge < -0.3 is 0 Å². The summed E-state index contributed by atoms with van der Waals surface area (Å²) >= 11 is 23.3. The van der Waals surface area contributed by atoms with Crippen molar-refractivity contribution in [1.82, 2.24) is 29.9 Å². The molecule has 0 saturated carbocycles. The second kappa shape index (κ2) is 6.94. The molecule has 0 atom stereocenters. The second-order valence-electron chi connectivity index (χ2n) is 4.16. The Morgan fingerprint density at radius 3 is 1.38 bits per heavy atom. The summed E-state index contributed by atoms with van der Waals surface area (Å²) in [4.78, 5) is 24.6. The molecule has 3 aromatic rings. The number of hydrogen-bond donors (Lipinski definition) is 0. The lowest BCUT2D eigenvalue weighted by Gasteiger charge is -2.20. The lowest BCUT2D eigenvalue weighted by molar-refractivity contribution is 0.628. The summed E-state index contributed by atoms with van der Waals surface area (Å²) in [6, 6.07) is 5.37. The summed E-state index contributed by atoms with van der Waals surface area (Å²) < 4.78 is 13.2. The Hall–Kier alpha value is -1.87. The maximum absolute atomic E-state index is 13.2. The van der Waals surface area contributed by atoms with Gasteiger partial charge in [-0.05, 0) is 70.7 Å². The second-order valence-corrected chi connectivity index (χ2v) is 5.51. The zero-order chi connectivity index (χ0) is 17.3. The normalized spacial score (nSPS) is 10.7. The summed E-state index contributed by atoms with van der Waals surface area (Å²) in [6.45, 7) is 0. The van der Waals surface area contributed by atoms with Crippen molar-refractivity contribution < 1.29 is 4.39 Å². The van der Waals surface area contributed by atoms with E-state index in [2.05, 4.69) is 29.9 Å². The monoisotopic (exact) mass is 405 g/mol. The quantitative estimate of drug-likeness (QED) is 0.641. The van der Waals surface area contributed by atoms with Gasteiger partial charge in [0.2, 0.25) is 33.0 Å². The molecule has 2 aromatic heterocycles. The first-order valence-electron chi connectivity index (χ1n) is 6.12. The van der Waals surface area contributed by atoms with E-state index in [1.54, 1.807) is 0 Å². The standard InChI is InChI=1S/C12H4Cl4FN7/c13-7-18-8(14)21-11(20-7)24(6-3-1-5(17)2-4-6)12-22-9(15)19-10(16)23-12/h1-4H. The minimum Gasteiger partial charge on any atom is -0.246 e. The zero-order valence-corrected chi connectivity index (χ0v) is 14.4. The molecule has 12 heteroatoms. The van der Waals surface area contributed by atoms with Crippen LogP contribution in [0.3, 0.4) is 0 Å². The van der Waals surface area contributed by atoms with Crippen LogP contribution in [0.2, 0.25) is 21.1 Å². The van der Waals surface area contributed by atoms with Gasteiger partial charge >= 0.3 is 0 Å². The Morgan fingerprint density at radius 1 is 0.625 bits per heavy atom. The van der Waals surface area contributed by atoms with Gasteiger partial charge in [-0.15, -0.1) is 0 Å². The van der Waals surface area contributed by atoms with E-state index in [0.29, 0.717) is 5.69 Å². The maximum atomic E-state index is 13.2. The van der Waals surface area contributed by atoms with Gasteiger partial charge in [-0.2, -0.15) is 29.9 Å². The van der Waals surface area contributed by atoms with Gasteiger partial charge in [-0.3, -0.25) is 0 Å². The first kappa shape index (κ1) is 17.0. The SMILES string of the molecule is Fc1ccc(N(c2nc(Cl)nc(Cl)n2)c2nc(Cl)nc(Cl)n2)cc1. The zero-order valence-electron chi connectivity index (χ0n) is 11.3. The van der Waals surface area contributed by atoms with Crippen molar-refractivity contribution >= 4 is 64.0 Å². The van der Waals surface area contributed by atoms with Crippen LogP contribution in [0.1, 0.15) is 0 Å². The lowest BCUT2D eigenvalue weighted by atomic mass is 10.3. The largest absolute Gasteiger partial charge is 0.246 e. The number of nitrogens with zero attached hydrogens (tertiary/aromatic N) is 7. The van der Waals surface area contributed by atoms with Crippen molar-refractivity contribution in [2.75, 3.05) is 4.90 Å². The van der Waals surface area contributed by atoms with Crippen LogP contribution in [0.5, 0.6) is 0 Å². The predicted molar refractivity (Wildman–Crippen MR) is 87.9 cm³/mol. The highest BCUT2D eigenvalue weighted by Gasteiger charge is 2.21. The Bertz CT molecular complexity index is 801. The highest BCUT2D eigenvalue weighted by molar-refractivity contribution is 6.31. The van der Waals surface area contributed by atoms with Crippen LogP contribution in [-0.4, -0.2) is 29.9 Å². The van der Waals surface area contributed by atoms with Crippen LogP contribution in [0.25, 0.3) is 0 Å². The van der Waals surface area contributed by atoms with Crippen LogP contribution >= 0.6 is 46.4 Å². The van der Waals surface area contributed by atoms with Crippen molar-refractivity contribution in [3.8, 4) is 0 Å². The Labute approximate surface area is 154 Å². The first-order valence-corrected chi connectivity index (χ1v) is 7.63. The average molecular weight is 407 g/mol. The third-order valence-corrected chi connectivity index (χ3v) is 3.30. The van der Waals surface area contributed by atoms with Crippen molar-refractivity contribution in [1.29, 1.82) is 0 Å². The maximum Gasteiger partial charge on any atom is 0.242 e. The Morgan fingerprint density at radius 2 is 1.00 bits per heavy atom. The molecule has 0 bridgehead atoms. The van der Waals surface area contributed by atoms with Crippen LogP contribution in [0.4, 0.5) is 22.0 Å². The molecule has 3 rings (SSSR count). The van der Waals surface area contributed by atoms with Crippen molar-refractivity contribution in [3.63, 3.8) is 0 Å². The van der Waals surface area contributed by atoms with E-state index in [4.69, 9.17) is 46.4 Å².